The van der Waals surface area contributed by atoms with E-state index in [1.165, 1.54) is 66.8 Å². The molecule has 0 bridgehead atoms. The molecule has 0 spiro atoms. The second-order valence-electron chi connectivity index (χ2n) is 18.4. The number of allylic oxidation sites excluding steroid dienone is 2. The molecule has 0 N–H and O–H groups in total. The molecule has 6 rings (SSSR count). The number of hydrogen-bond donors (Lipinski definition) is 0. The number of hydrogen-bond acceptors (Lipinski definition) is 0. The van der Waals surface area contributed by atoms with Gasteiger partial charge in [-0.05, 0) is 0 Å². The van der Waals surface area contributed by atoms with E-state index in [1.54, 1.807) is 0 Å². The Hall–Kier alpha value is -1.96. The first-order valence-electron chi connectivity index (χ1n) is 19.8. The van der Waals surface area contributed by atoms with Crippen molar-refractivity contribution in [2.24, 2.45) is 11.8 Å². The van der Waals surface area contributed by atoms with E-state index >= 15 is 0 Å². The molecule has 0 fully saturated rings. The molecule has 4 heteroatoms. The van der Waals surface area contributed by atoms with E-state index in [0.29, 0.717) is 11.8 Å². The summed E-state index contributed by atoms with van der Waals surface area (Å²) in [5.74, 6) is -0.988. The Kier molecular flexibility index (Phi) is 10.9. The van der Waals surface area contributed by atoms with Gasteiger partial charge in [0.2, 0.25) is 0 Å². The summed E-state index contributed by atoms with van der Waals surface area (Å²) in [4.78, 5) is 0. The van der Waals surface area contributed by atoms with Crippen LogP contribution in [0.1, 0.15) is 123 Å². The Labute approximate surface area is 324 Å². The Morgan fingerprint density at radius 3 is 1.21 bits per heavy atom. The average molecular weight is 828 g/mol. The second kappa shape index (κ2) is 14.3. The molecule has 0 saturated carbocycles. The number of halogens is 2. The van der Waals surface area contributed by atoms with Crippen molar-refractivity contribution in [1.29, 1.82) is 0 Å². The summed E-state index contributed by atoms with van der Waals surface area (Å²) in [6.45, 7) is 28.5. The fourth-order valence-corrected chi connectivity index (χ4v) is 40.7. The Balaban J connectivity index is 1.72. The van der Waals surface area contributed by atoms with Gasteiger partial charge in [0, 0.05) is 0 Å². The molecule has 0 radical (unpaired) electrons. The van der Waals surface area contributed by atoms with Crippen LogP contribution in [-0.2, 0) is 26.4 Å². The van der Waals surface area contributed by atoms with Gasteiger partial charge < -0.3 is 0 Å². The van der Waals surface area contributed by atoms with Crippen LogP contribution in [-0.4, -0.2) is 5.92 Å². The fourth-order valence-electron chi connectivity index (χ4n) is 9.42. The van der Waals surface area contributed by atoms with Gasteiger partial charge in [-0.1, -0.05) is 0 Å². The fraction of sp³-hybridized carbons (Fsp3) is 0.417. The third-order valence-electron chi connectivity index (χ3n) is 12.8. The van der Waals surface area contributed by atoms with Gasteiger partial charge in [-0.3, -0.25) is 0 Å². The number of fused-ring (bicyclic) bond motifs is 2. The third-order valence-corrected chi connectivity index (χ3v) is 64.4. The van der Waals surface area contributed by atoms with Gasteiger partial charge in [-0.2, -0.15) is 0 Å². The molecule has 0 nitrogen and oxygen atoms in total. The van der Waals surface area contributed by atoms with E-state index in [2.05, 4.69) is 179 Å². The van der Waals surface area contributed by atoms with Crippen molar-refractivity contribution in [3.63, 3.8) is 0 Å². The standard InChI is InChI=1S/2C23H27.C2H7Si.2ClH.Zr/c2*1-6-16(2)19-14-18-12-13-21(23(3,4)5)22(20(18)15-19)17-10-8-7-9-11-17;1-3-2;;;/h2*7-16H,6H2,1-5H3;3H,1-2H3;2*1H;/q;;;;;+2/p-2. The Morgan fingerprint density at radius 2 is 0.923 bits per heavy atom. The SMILES string of the molecule is CCC(C)C1=Cc2c(ccc(C(C)(C)C)c2-c2ccccc2)[CH]1[Zr]([Cl])([Cl])([CH]1C(C(C)CC)=Cc2c1ccc(C(C)(C)C)c2-c1ccccc1)[SiH](C)C. The first-order valence-corrected chi connectivity index (χ1v) is 36.1. The van der Waals surface area contributed by atoms with Gasteiger partial charge in [-0.15, -0.1) is 0 Å². The van der Waals surface area contributed by atoms with Crippen LogP contribution in [0.25, 0.3) is 34.4 Å². The summed E-state index contributed by atoms with van der Waals surface area (Å²) in [5.41, 5.74) is 16.4. The number of benzene rings is 4. The van der Waals surface area contributed by atoms with Crippen LogP contribution in [0.4, 0.5) is 0 Å². The minimum absolute atomic E-state index is 0.0229. The summed E-state index contributed by atoms with van der Waals surface area (Å²) in [7, 11) is 18.0. The predicted octanol–water partition coefficient (Wildman–Crippen LogP) is 15.3. The van der Waals surface area contributed by atoms with Crippen LogP contribution < -0.4 is 0 Å². The van der Waals surface area contributed by atoms with Gasteiger partial charge in [0.1, 0.15) is 0 Å². The monoisotopic (exact) mass is 825 g/mol. The number of rotatable bonds is 9. The summed E-state index contributed by atoms with van der Waals surface area (Å²) < 4.78 is 0.118. The normalized spacial score (nSPS) is 19.4. The summed E-state index contributed by atoms with van der Waals surface area (Å²) in [6, 6.07) is 31.9. The van der Waals surface area contributed by atoms with Crippen molar-refractivity contribution >= 4 is 35.1 Å². The maximum atomic E-state index is 9.00. The van der Waals surface area contributed by atoms with Crippen LogP contribution in [0.15, 0.2) is 96.1 Å². The minimum atomic E-state index is -5.04. The molecule has 4 atom stereocenters. The molecule has 2 aliphatic rings. The molecular formula is C48H61Cl2SiZr. The Morgan fingerprint density at radius 1 is 0.577 bits per heavy atom. The van der Waals surface area contributed by atoms with Crippen molar-refractivity contribution in [2.75, 3.05) is 0 Å². The van der Waals surface area contributed by atoms with Gasteiger partial charge in [-0.25, -0.2) is 0 Å². The van der Waals surface area contributed by atoms with Crippen molar-refractivity contribution < 1.29 is 15.6 Å². The van der Waals surface area contributed by atoms with Crippen molar-refractivity contribution in [1.82, 2.24) is 0 Å². The molecule has 275 valence electrons. The van der Waals surface area contributed by atoms with Crippen LogP contribution in [0.2, 0.25) is 13.1 Å². The van der Waals surface area contributed by atoms with Crippen LogP contribution in [0, 0.1) is 11.8 Å². The van der Waals surface area contributed by atoms with Crippen LogP contribution in [0.3, 0.4) is 0 Å². The molecule has 0 amide bonds. The first-order chi connectivity index (χ1) is 24.4. The molecule has 0 aromatic heterocycles. The molecule has 4 aromatic carbocycles. The molecular weight excluding hydrogens is 767 g/mol. The predicted molar refractivity (Wildman–Crippen MR) is 232 cm³/mol. The van der Waals surface area contributed by atoms with Crippen LogP contribution >= 0.6 is 17.0 Å². The molecule has 52 heavy (non-hydrogen) atoms. The van der Waals surface area contributed by atoms with E-state index in [-0.39, 0.29) is 18.1 Å². The van der Waals surface area contributed by atoms with Crippen molar-refractivity contribution in [3.8, 4) is 22.3 Å². The quantitative estimate of drug-likeness (QED) is 0.147. The second-order valence-corrected chi connectivity index (χ2v) is 60.9. The molecule has 0 aliphatic heterocycles. The van der Waals surface area contributed by atoms with E-state index in [1.807, 2.05) is 0 Å². The molecule has 0 saturated heterocycles. The average Bonchev–Trinajstić information content (AvgIpc) is 3.71. The first kappa shape index (κ1) is 39.7. The molecule has 0 heterocycles. The summed E-state index contributed by atoms with van der Waals surface area (Å²) >= 11 is -5.04. The molecule has 4 aromatic rings. The van der Waals surface area contributed by atoms with Gasteiger partial charge >= 0.3 is 327 Å². The van der Waals surface area contributed by atoms with E-state index in [9.17, 15) is 0 Å². The molecule has 4 unspecified atom stereocenters. The molecule has 2 aliphatic carbocycles. The zero-order valence-corrected chi connectivity index (χ0v) is 38.9. The zero-order valence-electron chi connectivity index (χ0n) is 33.8. The summed E-state index contributed by atoms with van der Waals surface area (Å²) in [6.07, 6.45) is 7.26. The summed E-state index contributed by atoms with van der Waals surface area (Å²) in [5, 5.41) is 0. The van der Waals surface area contributed by atoms with Crippen LogP contribution in [0.5, 0.6) is 0 Å². The topological polar surface area (TPSA) is 0 Å². The van der Waals surface area contributed by atoms with Crippen molar-refractivity contribution in [2.45, 2.75) is 113 Å². The van der Waals surface area contributed by atoms with Crippen molar-refractivity contribution in [3.05, 3.63) is 129 Å². The van der Waals surface area contributed by atoms with Gasteiger partial charge in [0.05, 0.1) is 0 Å². The van der Waals surface area contributed by atoms with Gasteiger partial charge in [0.15, 0.2) is 0 Å². The zero-order chi connectivity index (χ0) is 38.0. The third kappa shape index (κ3) is 6.48. The Bertz CT molecular complexity index is 1880. The van der Waals surface area contributed by atoms with Gasteiger partial charge in [0.25, 0.3) is 0 Å². The van der Waals surface area contributed by atoms with E-state index < -0.39 is 21.5 Å². The maximum absolute atomic E-state index is 9.00. The van der Waals surface area contributed by atoms with E-state index in [4.69, 9.17) is 17.0 Å². The van der Waals surface area contributed by atoms with E-state index in [0.717, 1.165) is 12.8 Å².